The molecular formula is C21H38NSe+. The maximum atomic E-state index is 2.29. The molecule has 0 spiro atoms. The molecule has 0 aliphatic carbocycles. The van der Waals surface area contributed by atoms with Gasteiger partial charge in [-0.2, -0.15) is 0 Å². The average molecular weight is 384 g/mol. The van der Waals surface area contributed by atoms with E-state index in [0.717, 1.165) is 19.4 Å². The average Bonchev–Trinajstić information content (AvgIpc) is 2.52. The van der Waals surface area contributed by atoms with E-state index >= 15 is 0 Å². The second-order valence-corrected chi connectivity index (χ2v) is 10.1. The first-order valence-electron chi connectivity index (χ1n) is 9.50. The molecule has 0 saturated heterocycles. The van der Waals surface area contributed by atoms with Crippen molar-refractivity contribution in [1.82, 2.24) is 0 Å². The van der Waals surface area contributed by atoms with Gasteiger partial charge in [0.1, 0.15) is 0 Å². The fraction of sp³-hybridized carbons (Fsp3) is 0.714. The third-order valence-electron chi connectivity index (χ3n) is 4.23. The zero-order valence-corrected chi connectivity index (χ0v) is 17.4. The molecule has 0 unspecified atom stereocenters. The summed E-state index contributed by atoms with van der Waals surface area (Å²) in [5, 5.41) is 2.79. The summed E-state index contributed by atoms with van der Waals surface area (Å²) in [5.41, 5.74) is 1.53. The predicted molar refractivity (Wildman–Crippen MR) is 105 cm³/mol. The van der Waals surface area contributed by atoms with Crippen LogP contribution in [-0.4, -0.2) is 47.1 Å². The van der Waals surface area contributed by atoms with E-state index < -0.39 is 0 Å². The zero-order chi connectivity index (χ0) is 16.8. The van der Waals surface area contributed by atoms with Crippen molar-refractivity contribution in [3.63, 3.8) is 0 Å². The number of unbranched alkanes of at least 4 members (excludes halogenated alkanes) is 8. The van der Waals surface area contributed by atoms with Gasteiger partial charge in [-0.15, -0.1) is 0 Å². The molecule has 0 aromatic heterocycles. The van der Waals surface area contributed by atoms with E-state index in [4.69, 9.17) is 0 Å². The molecular weight excluding hydrogens is 345 g/mol. The van der Waals surface area contributed by atoms with Crippen LogP contribution in [0.5, 0.6) is 0 Å². The normalized spacial score (nSPS) is 11.8. The first-order valence-corrected chi connectivity index (χ1v) is 11.9. The summed E-state index contributed by atoms with van der Waals surface area (Å²) in [6.45, 7) is 1.32. The van der Waals surface area contributed by atoms with Crippen LogP contribution < -0.4 is 0 Å². The van der Waals surface area contributed by atoms with E-state index in [9.17, 15) is 0 Å². The molecule has 23 heavy (non-hydrogen) atoms. The van der Waals surface area contributed by atoms with Crippen LogP contribution in [0.3, 0.4) is 0 Å². The Hall–Kier alpha value is -0.301. The van der Waals surface area contributed by atoms with Crippen LogP contribution >= 0.6 is 0 Å². The summed E-state index contributed by atoms with van der Waals surface area (Å²) in [7, 11) is 6.88. The van der Waals surface area contributed by atoms with Gasteiger partial charge in [-0.05, 0) is 0 Å². The number of hydrogen-bond donors (Lipinski definition) is 0. The molecule has 1 nitrogen and oxygen atoms in total. The van der Waals surface area contributed by atoms with Gasteiger partial charge in [0, 0.05) is 0 Å². The molecule has 0 heterocycles. The Morgan fingerprint density at radius 3 is 1.78 bits per heavy atom. The van der Waals surface area contributed by atoms with Crippen molar-refractivity contribution in [2.45, 2.75) is 68.4 Å². The van der Waals surface area contributed by atoms with Crippen LogP contribution in [0, 0.1) is 0 Å². The Morgan fingerprint density at radius 1 is 0.696 bits per heavy atom. The van der Waals surface area contributed by atoms with Crippen molar-refractivity contribution in [3.8, 4) is 0 Å². The Bertz CT molecular complexity index is 369. The van der Waals surface area contributed by atoms with Gasteiger partial charge in [0.25, 0.3) is 0 Å². The van der Waals surface area contributed by atoms with Gasteiger partial charge in [0.05, 0.1) is 21.1 Å². The molecule has 0 bridgehead atoms. The zero-order valence-electron chi connectivity index (χ0n) is 15.7. The second-order valence-electron chi connectivity index (χ2n) is 7.73. The summed E-state index contributed by atoms with van der Waals surface area (Å²) in [6.07, 6.45) is 13.0. The molecule has 0 amide bonds. The third-order valence-corrected chi connectivity index (χ3v) is 6.57. The quantitative estimate of drug-likeness (QED) is 0.225. The van der Waals surface area contributed by atoms with E-state index in [1.54, 1.807) is 0 Å². The summed E-state index contributed by atoms with van der Waals surface area (Å²) >= 11 is 0.812. The molecule has 0 radical (unpaired) electrons. The van der Waals surface area contributed by atoms with Crippen LogP contribution in [0.2, 0.25) is 5.32 Å². The second kappa shape index (κ2) is 13.0. The number of nitrogens with zero attached hydrogens (tertiary/aromatic N) is 1. The number of rotatable bonds is 14. The van der Waals surface area contributed by atoms with Gasteiger partial charge in [0.15, 0.2) is 0 Å². The van der Waals surface area contributed by atoms with Crippen molar-refractivity contribution in [2.75, 3.05) is 27.7 Å². The Balaban J connectivity index is 1.76. The van der Waals surface area contributed by atoms with Crippen LogP contribution in [0.25, 0.3) is 0 Å². The van der Waals surface area contributed by atoms with Gasteiger partial charge in [-0.3, -0.25) is 0 Å². The van der Waals surface area contributed by atoms with E-state index in [1.165, 1.54) is 80.5 Å². The molecule has 1 rings (SSSR count). The summed E-state index contributed by atoms with van der Waals surface area (Å²) < 4.78 is 1.12. The monoisotopic (exact) mass is 384 g/mol. The van der Waals surface area contributed by atoms with Gasteiger partial charge < -0.3 is 0 Å². The van der Waals surface area contributed by atoms with Gasteiger partial charge in [-0.1, -0.05) is 0 Å². The van der Waals surface area contributed by atoms with Crippen molar-refractivity contribution in [2.24, 2.45) is 0 Å². The Morgan fingerprint density at radius 2 is 1.22 bits per heavy atom. The van der Waals surface area contributed by atoms with Crippen LogP contribution in [0.1, 0.15) is 63.4 Å². The predicted octanol–water partition coefficient (Wildman–Crippen LogP) is 5.53. The Labute approximate surface area is 151 Å². The Kier molecular flexibility index (Phi) is 11.8. The van der Waals surface area contributed by atoms with Crippen molar-refractivity contribution in [3.05, 3.63) is 35.9 Å². The van der Waals surface area contributed by atoms with E-state index in [1.807, 2.05) is 0 Å². The van der Waals surface area contributed by atoms with Crippen molar-refractivity contribution < 1.29 is 4.48 Å². The van der Waals surface area contributed by atoms with Crippen molar-refractivity contribution in [1.29, 1.82) is 0 Å². The first-order chi connectivity index (χ1) is 11.1. The molecule has 0 aliphatic heterocycles. The molecule has 2 heteroatoms. The number of hydrogen-bond acceptors (Lipinski definition) is 0. The molecule has 0 N–H and O–H groups in total. The van der Waals surface area contributed by atoms with Gasteiger partial charge >= 0.3 is 130 Å². The van der Waals surface area contributed by atoms with E-state index in [-0.39, 0.29) is 0 Å². The molecule has 0 atom stereocenters. The molecule has 0 fully saturated rings. The fourth-order valence-corrected chi connectivity index (χ4v) is 4.85. The van der Waals surface area contributed by atoms with Gasteiger partial charge in [-0.25, -0.2) is 0 Å². The van der Waals surface area contributed by atoms with Crippen LogP contribution in [0.4, 0.5) is 0 Å². The van der Waals surface area contributed by atoms with Crippen LogP contribution in [-0.2, 0) is 5.32 Å². The van der Waals surface area contributed by atoms with E-state index in [0.29, 0.717) is 0 Å². The SMILES string of the molecule is C[N+](C)(C)CCCCCCCCCCC[Se]Cc1ccccc1. The summed E-state index contributed by atoms with van der Waals surface area (Å²) in [4.78, 5) is 0. The molecule has 0 aliphatic rings. The molecule has 0 saturated carbocycles. The molecule has 1 aromatic carbocycles. The third kappa shape index (κ3) is 13.8. The van der Waals surface area contributed by atoms with Crippen LogP contribution in [0.15, 0.2) is 30.3 Å². The maximum absolute atomic E-state index is 2.29. The number of benzene rings is 1. The molecule has 1 aromatic rings. The van der Waals surface area contributed by atoms with Crippen molar-refractivity contribution >= 4 is 15.0 Å². The van der Waals surface area contributed by atoms with E-state index in [2.05, 4.69) is 51.5 Å². The van der Waals surface area contributed by atoms with Gasteiger partial charge in [0.2, 0.25) is 0 Å². The minimum absolute atomic E-state index is 0.812. The molecule has 132 valence electrons. The standard InChI is InChI=1S/C21H38NSe/c1-22(2,3)18-14-9-7-5-4-6-8-10-15-19-23-20-21-16-12-11-13-17-21/h11-13,16-17H,4-10,14-15,18-20H2,1-3H3/q+1. The topological polar surface area (TPSA) is 0 Å². The number of quaternary nitrogens is 1. The first kappa shape index (κ1) is 20.7. The minimum atomic E-state index is 0.812. The summed E-state index contributed by atoms with van der Waals surface area (Å²) in [6, 6.07) is 11.0. The summed E-state index contributed by atoms with van der Waals surface area (Å²) in [5.74, 6) is 0. The fourth-order valence-electron chi connectivity index (χ4n) is 2.79.